The first-order valence-electron chi connectivity index (χ1n) is 26.6. The average molecular weight is 1050 g/mol. The summed E-state index contributed by atoms with van der Waals surface area (Å²) in [6.45, 7) is 16.9. The molecule has 8 aromatic carbocycles. The lowest BCUT2D eigenvalue weighted by Crippen LogP contribution is -2.10. The van der Waals surface area contributed by atoms with Gasteiger partial charge >= 0.3 is 0 Å². The van der Waals surface area contributed by atoms with E-state index in [0.29, 0.717) is 11.4 Å². The van der Waals surface area contributed by atoms with Crippen molar-refractivity contribution in [1.29, 1.82) is 0 Å². The molecular formula is C68H71ClO4S2. The van der Waals surface area contributed by atoms with Gasteiger partial charge in [-0.15, -0.1) is 23.1 Å². The summed E-state index contributed by atoms with van der Waals surface area (Å²) in [5, 5.41) is 6.93. The third-order valence-electron chi connectivity index (χ3n) is 13.0. The molecule has 0 saturated heterocycles. The van der Waals surface area contributed by atoms with Crippen LogP contribution in [0, 0.1) is 0 Å². The second-order valence-electron chi connectivity index (χ2n) is 19.6. The highest BCUT2D eigenvalue weighted by Gasteiger charge is 2.18. The zero-order valence-electron chi connectivity index (χ0n) is 44.7. The van der Waals surface area contributed by atoms with E-state index >= 15 is 0 Å². The Hall–Kier alpha value is -6.44. The van der Waals surface area contributed by atoms with Gasteiger partial charge in [0.2, 0.25) is 0 Å². The second kappa shape index (κ2) is 27.9. The molecule has 1 aliphatic heterocycles. The molecule has 2 heterocycles. The average Bonchev–Trinajstić information content (AvgIpc) is 3.43. The standard InChI is InChI=1S/C22H26O2.C20H22.C17H16OS.C9H7ClOS/c1-3-5-15-23-21-17-11-7-9-13-19(17)22(24-16-6-4-2)20-14-10-8-12-18(20)21;1-20(2,3)19-15-13-18(14-16-19)12-8-7-11-17-9-5-4-6-10-17;1-3-11-9-12(4-2)17-14(10-11)16(18)13-7-5-6-8-15(13)19-17;10-6-1-2-9-7(5-6)8(11)3-4-12-9/h7-14H,3-6,15-16H2,1-2H3;4-16H,1-3H3;5-10H,3-4H2,1-2H3;1-2,5H,3-4H2/b;11-7+,12-8+;;. The Morgan fingerprint density at radius 3 is 1.64 bits per heavy atom. The van der Waals surface area contributed by atoms with Gasteiger partial charge in [0.25, 0.3) is 0 Å². The predicted octanol–water partition coefficient (Wildman–Crippen LogP) is 19.6. The summed E-state index contributed by atoms with van der Waals surface area (Å²) in [7, 11) is 0. The fraction of sp³-hybridized carbons (Fsp3) is 0.265. The summed E-state index contributed by atoms with van der Waals surface area (Å²) < 4.78 is 14.6. The molecule has 0 amide bonds. The van der Waals surface area contributed by atoms with Gasteiger partial charge in [-0.25, -0.2) is 0 Å². The Morgan fingerprint density at radius 2 is 1.11 bits per heavy atom. The number of allylic oxidation sites excluding steroid dienone is 2. The number of rotatable bonds is 13. The smallest absolute Gasteiger partial charge is 0.195 e. The number of fused-ring (bicyclic) bond motifs is 5. The molecule has 0 spiro atoms. The molecule has 0 atom stereocenters. The first-order valence-corrected chi connectivity index (χ1v) is 28.7. The van der Waals surface area contributed by atoms with Crippen molar-refractivity contribution in [2.45, 2.75) is 104 Å². The first-order chi connectivity index (χ1) is 36.4. The third kappa shape index (κ3) is 15.1. The fourth-order valence-electron chi connectivity index (χ4n) is 8.73. The van der Waals surface area contributed by atoms with Crippen molar-refractivity contribution >= 4 is 94.4 Å². The summed E-state index contributed by atoms with van der Waals surface area (Å²) >= 11 is 9.24. The van der Waals surface area contributed by atoms with Crippen LogP contribution in [0.25, 0.3) is 53.9 Å². The lowest BCUT2D eigenvalue weighted by molar-refractivity contribution is 0.0984. The first kappa shape index (κ1) is 56.3. The highest BCUT2D eigenvalue weighted by molar-refractivity contribution is 7.99. The quantitative estimate of drug-likeness (QED) is 0.0654. The lowest BCUT2D eigenvalue weighted by Gasteiger charge is -2.18. The van der Waals surface area contributed by atoms with Gasteiger partial charge in [-0.05, 0) is 95.3 Å². The number of thioether (sulfide) groups is 1. The van der Waals surface area contributed by atoms with Gasteiger partial charge in [-0.3, -0.25) is 9.59 Å². The van der Waals surface area contributed by atoms with E-state index in [-0.39, 0.29) is 16.6 Å². The molecular weight excluding hydrogens is 980 g/mol. The normalized spacial score (nSPS) is 12.2. The maximum absolute atomic E-state index is 12.6. The van der Waals surface area contributed by atoms with Gasteiger partial charge in [0.05, 0.1) is 13.2 Å². The summed E-state index contributed by atoms with van der Waals surface area (Å²) in [6, 6.07) is 53.6. The monoisotopic (exact) mass is 1050 g/mol. The number of carbonyl (C=O) groups excluding carboxylic acids is 1. The Bertz CT molecular complexity index is 3320. The molecule has 4 nitrogen and oxygen atoms in total. The van der Waals surface area contributed by atoms with Crippen molar-refractivity contribution in [2.24, 2.45) is 0 Å². The Balaban J connectivity index is 0.000000149. The minimum absolute atomic E-state index is 0.175. The number of benzene rings is 8. The maximum Gasteiger partial charge on any atom is 0.195 e. The number of hydrogen-bond donors (Lipinski definition) is 0. The molecule has 0 fully saturated rings. The van der Waals surface area contributed by atoms with Crippen LogP contribution in [0.5, 0.6) is 11.5 Å². The van der Waals surface area contributed by atoms with E-state index in [2.05, 4.69) is 182 Å². The summed E-state index contributed by atoms with van der Waals surface area (Å²) in [5.74, 6) is 3.08. The van der Waals surface area contributed by atoms with Crippen molar-refractivity contribution in [3.05, 3.63) is 219 Å². The predicted molar refractivity (Wildman–Crippen MR) is 327 cm³/mol. The molecule has 1 aromatic heterocycles. The van der Waals surface area contributed by atoms with Crippen LogP contribution in [0.2, 0.25) is 5.02 Å². The van der Waals surface area contributed by atoms with Gasteiger partial charge in [-0.2, -0.15) is 0 Å². The molecule has 7 heteroatoms. The maximum atomic E-state index is 12.6. The molecule has 386 valence electrons. The molecule has 9 aromatic rings. The molecule has 0 N–H and O–H groups in total. The summed E-state index contributed by atoms with van der Waals surface area (Å²) in [5.41, 5.74) is 7.56. The van der Waals surface area contributed by atoms with E-state index in [1.165, 1.54) is 27.8 Å². The van der Waals surface area contributed by atoms with Crippen molar-refractivity contribution in [2.75, 3.05) is 19.0 Å². The van der Waals surface area contributed by atoms with E-state index in [1.54, 1.807) is 29.2 Å². The van der Waals surface area contributed by atoms with Gasteiger partial charge in [0, 0.05) is 69.4 Å². The molecule has 0 aliphatic carbocycles. The van der Waals surface area contributed by atoms with Crippen molar-refractivity contribution in [1.82, 2.24) is 0 Å². The van der Waals surface area contributed by atoms with Crippen LogP contribution in [0.3, 0.4) is 0 Å². The van der Waals surface area contributed by atoms with E-state index in [0.717, 1.165) is 121 Å². The van der Waals surface area contributed by atoms with E-state index < -0.39 is 0 Å². The highest BCUT2D eigenvalue weighted by atomic mass is 35.5. The molecule has 0 unspecified atom stereocenters. The number of halogens is 1. The SMILES string of the molecule is CC(C)(C)c1ccc(/C=C/C=C/c2ccccc2)cc1.CCCCOc1c2ccccc2c(OCCCC)c2ccccc12.CCc1cc(CC)c2sc3ccccc3c(=O)c2c1.O=C1CCSc2ccc(Cl)cc21. The van der Waals surface area contributed by atoms with Crippen LogP contribution in [0.15, 0.2) is 180 Å². The van der Waals surface area contributed by atoms with Crippen LogP contribution < -0.4 is 14.9 Å². The van der Waals surface area contributed by atoms with Gasteiger partial charge in [0.15, 0.2) is 11.2 Å². The van der Waals surface area contributed by atoms with Gasteiger partial charge < -0.3 is 9.47 Å². The Morgan fingerprint density at radius 1 is 0.573 bits per heavy atom. The molecule has 0 radical (unpaired) electrons. The van der Waals surface area contributed by atoms with Crippen molar-refractivity contribution < 1.29 is 14.3 Å². The topological polar surface area (TPSA) is 52.6 Å². The fourth-order valence-corrected chi connectivity index (χ4v) is 11.1. The largest absolute Gasteiger partial charge is 0.492 e. The minimum Gasteiger partial charge on any atom is -0.492 e. The molecule has 0 saturated carbocycles. The number of Topliss-reactive ketones (excluding diaryl/α,β-unsaturated/α-hetero) is 1. The van der Waals surface area contributed by atoms with Crippen LogP contribution in [0.1, 0.15) is 119 Å². The number of carbonyl (C=O) groups is 1. The van der Waals surface area contributed by atoms with E-state index in [4.69, 9.17) is 21.1 Å². The van der Waals surface area contributed by atoms with Crippen LogP contribution in [-0.4, -0.2) is 24.7 Å². The number of unbranched alkanes of at least 4 members (excludes halogenated alkanes) is 2. The van der Waals surface area contributed by atoms with E-state index in [1.807, 2.05) is 42.5 Å². The second-order valence-corrected chi connectivity index (χ2v) is 22.2. The minimum atomic E-state index is 0.175. The van der Waals surface area contributed by atoms with Crippen LogP contribution in [-0.2, 0) is 18.3 Å². The zero-order chi connectivity index (χ0) is 53.2. The van der Waals surface area contributed by atoms with Crippen molar-refractivity contribution in [3.8, 4) is 11.5 Å². The van der Waals surface area contributed by atoms with Gasteiger partial charge in [-0.1, -0.05) is 219 Å². The molecule has 0 bridgehead atoms. The summed E-state index contributed by atoms with van der Waals surface area (Å²) in [4.78, 5) is 25.1. The van der Waals surface area contributed by atoms with Crippen LogP contribution >= 0.6 is 34.7 Å². The van der Waals surface area contributed by atoms with Gasteiger partial charge in [0.1, 0.15) is 11.5 Å². The summed E-state index contributed by atoms with van der Waals surface area (Å²) in [6.07, 6.45) is 15.4. The zero-order valence-corrected chi connectivity index (χ0v) is 47.1. The third-order valence-corrected chi connectivity index (χ3v) is 15.6. The highest BCUT2D eigenvalue weighted by Crippen LogP contribution is 2.43. The number of ether oxygens (including phenoxy) is 2. The van der Waals surface area contributed by atoms with Crippen LogP contribution in [0.4, 0.5) is 0 Å². The van der Waals surface area contributed by atoms with E-state index in [9.17, 15) is 9.59 Å². The number of hydrogen-bond acceptors (Lipinski definition) is 6. The Kier molecular flexibility index (Phi) is 20.9. The number of ketones is 1. The molecule has 10 rings (SSSR count). The molecule has 75 heavy (non-hydrogen) atoms. The number of aryl methyl sites for hydroxylation is 2. The molecule has 1 aliphatic rings. The van der Waals surface area contributed by atoms with Crippen molar-refractivity contribution in [3.63, 3.8) is 0 Å². The Labute approximate surface area is 458 Å². The lowest BCUT2D eigenvalue weighted by atomic mass is 9.87.